The number of hydrogen-bond donors (Lipinski definition) is 1. The molecule has 0 bridgehead atoms. The van der Waals surface area contributed by atoms with Gasteiger partial charge in [-0.1, -0.05) is 30.0 Å². The molecule has 0 aliphatic carbocycles. The van der Waals surface area contributed by atoms with Crippen molar-refractivity contribution in [1.29, 1.82) is 0 Å². The van der Waals surface area contributed by atoms with Crippen molar-refractivity contribution in [2.75, 3.05) is 12.1 Å². The molecule has 0 radical (unpaired) electrons. The molecule has 35 heavy (non-hydrogen) atoms. The number of ether oxygens (including phenoxy) is 2. The van der Waals surface area contributed by atoms with Crippen LogP contribution in [0.15, 0.2) is 71.7 Å². The molecule has 1 N–H and O–H groups in total. The maximum Gasteiger partial charge on any atom is 0.242 e. The highest BCUT2D eigenvalue weighted by Gasteiger charge is 2.39. The van der Waals surface area contributed by atoms with E-state index in [4.69, 9.17) is 9.47 Å². The second-order valence-electron chi connectivity index (χ2n) is 8.21. The molecule has 1 atom stereocenters. The van der Waals surface area contributed by atoms with E-state index in [0.717, 1.165) is 11.1 Å². The van der Waals surface area contributed by atoms with Gasteiger partial charge in [-0.3, -0.25) is 14.5 Å². The number of hydrogen-bond acceptors (Lipinski definition) is 6. The highest BCUT2D eigenvalue weighted by atomic mass is 32.2. The Labute approximate surface area is 205 Å². The van der Waals surface area contributed by atoms with Crippen molar-refractivity contribution < 1.29 is 23.5 Å². The van der Waals surface area contributed by atoms with Gasteiger partial charge in [0.05, 0.1) is 12.2 Å². The molecule has 1 fully saturated rings. The number of thioether (sulfide) groups is 1. The Morgan fingerprint density at radius 3 is 2.71 bits per heavy atom. The van der Waals surface area contributed by atoms with E-state index >= 15 is 0 Å². The van der Waals surface area contributed by atoms with Gasteiger partial charge in [-0.25, -0.2) is 9.38 Å². The number of amides is 2. The molecular formula is C26H22FN3O4S. The van der Waals surface area contributed by atoms with Crippen molar-refractivity contribution in [3.63, 3.8) is 0 Å². The summed E-state index contributed by atoms with van der Waals surface area (Å²) in [5, 5.41) is 2.68. The topological polar surface area (TPSA) is 80.2 Å². The van der Waals surface area contributed by atoms with E-state index in [9.17, 15) is 14.0 Å². The molecule has 3 aromatic carbocycles. The summed E-state index contributed by atoms with van der Waals surface area (Å²) in [6.07, 6.45) is -0.00246. The molecule has 9 heteroatoms. The van der Waals surface area contributed by atoms with Gasteiger partial charge in [0.15, 0.2) is 16.7 Å². The Morgan fingerprint density at radius 2 is 1.91 bits per heavy atom. The van der Waals surface area contributed by atoms with E-state index in [1.54, 1.807) is 23.1 Å². The fraction of sp³-hybridized carbons (Fsp3) is 0.192. The molecule has 5 rings (SSSR count). The van der Waals surface area contributed by atoms with Crippen molar-refractivity contribution >= 4 is 40.1 Å². The number of nitrogens with zero attached hydrogens (tertiary/aromatic N) is 2. The van der Waals surface area contributed by atoms with Crippen LogP contribution in [-0.2, 0) is 16.1 Å². The van der Waals surface area contributed by atoms with Crippen molar-refractivity contribution in [3.8, 4) is 11.5 Å². The number of nitrogens with one attached hydrogen (secondary N) is 1. The Bertz CT molecular complexity index is 1310. The summed E-state index contributed by atoms with van der Waals surface area (Å²) in [5.74, 6) is 0.433. The summed E-state index contributed by atoms with van der Waals surface area (Å²) in [6.45, 7) is 2.35. The molecule has 0 unspecified atom stereocenters. The van der Waals surface area contributed by atoms with Gasteiger partial charge in [0.2, 0.25) is 18.6 Å². The lowest BCUT2D eigenvalue weighted by atomic mass is 10.1. The SMILES string of the molecule is Cc1cccc(NC(=O)C[C@@H]2SC(=Nc3ccc(F)cc3)N(Cc3ccc4c(c3)OCO4)C2=O)c1. The molecule has 2 aliphatic rings. The molecule has 178 valence electrons. The zero-order chi connectivity index (χ0) is 24.4. The fourth-order valence-corrected chi connectivity index (χ4v) is 4.98. The van der Waals surface area contributed by atoms with Gasteiger partial charge in [0.1, 0.15) is 11.1 Å². The van der Waals surface area contributed by atoms with E-state index in [1.807, 2.05) is 43.3 Å². The molecule has 3 aromatic rings. The molecule has 0 saturated carbocycles. The molecule has 7 nitrogen and oxygen atoms in total. The summed E-state index contributed by atoms with van der Waals surface area (Å²) in [4.78, 5) is 32.2. The summed E-state index contributed by atoms with van der Waals surface area (Å²) in [6, 6.07) is 18.7. The van der Waals surface area contributed by atoms with Crippen molar-refractivity contribution in [1.82, 2.24) is 4.90 Å². The normalized spacial score (nSPS) is 17.8. The predicted molar refractivity (Wildman–Crippen MR) is 132 cm³/mol. The Kier molecular flexibility index (Phi) is 6.41. The minimum Gasteiger partial charge on any atom is -0.454 e. The number of fused-ring (bicyclic) bond motifs is 1. The molecule has 1 saturated heterocycles. The van der Waals surface area contributed by atoms with Gasteiger partial charge in [-0.05, 0) is 66.6 Å². The smallest absolute Gasteiger partial charge is 0.242 e. The number of aliphatic imine (C=N–C) groups is 1. The first-order valence-electron chi connectivity index (χ1n) is 11.0. The van der Waals surface area contributed by atoms with Crippen LogP contribution < -0.4 is 14.8 Å². The Hall–Kier alpha value is -3.85. The van der Waals surface area contributed by atoms with Gasteiger partial charge in [0.25, 0.3) is 0 Å². The standard InChI is InChI=1S/C26H22FN3O4S/c1-16-3-2-4-20(11-16)28-24(31)13-23-25(32)30(14-17-5-10-21-22(12-17)34-15-33-21)26(35-23)29-19-8-6-18(27)7-9-19/h2-12,23H,13-15H2,1H3,(H,28,31)/t23-/m0/s1. The fourth-order valence-electron chi connectivity index (χ4n) is 3.82. The number of amidine groups is 1. The highest BCUT2D eigenvalue weighted by Crippen LogP contribution is 2.36. The van der Waals surface area contributed by atoms with Crippen LogP contribution in [0.4, 0.5) is 15.8 Å². The molecular weight excluding hydrogens is 469 g/mol. The minimum absolute atomic E-state index is 0.00246. The number of carbonyl (C=O) groups excluding carboxylic acids is 2. The van der Waals surface area contributed by atoms with Crippen molar-refractivity contribution in [3.05, 3.63) is 83.7 Å². The lowest BCUT2D eigenvalue weighted by Gasteiger charge is -2.17. The number of halogens is 1. The van der Waals surface area contributed by atoms with Gasteiger partial charge in [0, 0.05) is 12.1 Å². The predicted octanol–water partition coefficient (Wildman–Crippen LogP) is 5.02. The average molecular weight is 492 g/mol. The first-order valence-corrected chi connectivity index (χ1v) is 11.9. The van der Waals surface area contributed by atoms with E-state index in [0.29, 0.717) is 28.0 Å². The van der Waals surface area contributed by atoms with Crippen LogP contribution in [0.2, 0.25) is 0 Å². The second-order valence-corrected chi connectivity index (χ2v) is 9.38. The lowest BCUT2D eigenvalue weighted by molar-refractivity contribution is -0.128. The zero-order valence-electron chi connectivity index (χ0n) is 18.9. The second kappa shape index (κ2) is 9.79. The minimum atomic E-state index is -0.631. The van der Waals surface area contributed by atoms with E-state index in [1.165, 1.54) is 23.9 Å². The van der Waals surface area contributed by atoms with Crippen LogP contribution in [0.5, 0.6) is 11.5 Å². The molecule has 0 spiro atoms. The first kappa shape index (κ1) is 22.9. The number of aryl methyl sites for hydroxylation is 1. The summed E-state index contributed by atoms with van der Waals surface area (Å²) in [7, 11) is 0. The monoisotopic (exact) mass is 491 g/mol. The van der Waals surface area contributed by atoms with Gasteiger partial charge in [-0.2, -0.15) is 0 Å². The van der Waals surface area contributed by atoms with Crippen LogP contribution in [0.1, 0.15) is 17.5 Å². The number of carbonyl (C=O) groups is 2. The maximum atomic E-state index is 13.4. The first-order chi connectivity index (χ1) is 16.9. The van der Waals surface area contributed by atoms with Crippen molar-refractivity contribution in [2.24, 2.45) is 4.99 Å². The molecule has 0 aromatic heterocycles. The third-order valence-corrected chi connectivity index (χ3v) is 6.70. The van der Waals surface area contributed by atoms with E-state index in [2.05, 4.69) is 10.3 Å². The maximum absolute atomic E-state index is 13.4. The third-order valence-electron chi connectivity index (χ3n) is 5.52. The van der Waals surface area contributed by atoms with Gasteiger partial charge >= 0.3 is 0 Å². The largest absolute Gasteiger partial charge is 0.454 e. The third kappa shape index (κ3) is 5.30. The highest BCUT2D eigenvalue weighted by molar-refractivity contribution is 8.15. The van der Waals surface area contributed by atoms with Gasteiger partial charge < -0.3 is 14.8 Å². The van der Waals surface area contributed by atoms with Crippen LogP contribution in [0.3, 0.4) is 0 Å². The van der Waals surface area contributed by atoms with Crippen molar-refractivity contribution in [2.45, 2.75) is 25.1 Å². The van der Waals surface area contributed by atoms with E-state index in [-0.39, 0.29) is 37.4 Å². The lowest BCUT2D eigenvalue weighted by Crippen LogP contribution is -2.33. The molecule has 2 aliphatic heterocycles. The van der Waals surface area contributed by atoms with Crippen LogP contribution in [0.25, 0.3) is 0 Å². The summed E-state index contributed by atoms with van der Waals surface area (Å²) < 4.78 is 24.2. The van der Waals surface area contributed by atoms with Crippen LogP contribution in [-0.4, -0.2) is 33.9 Å². The quantitative estimate of drug-likeness (QED) is 0.524. The van der Waals surface area contributed by atoms with Gasteiger partial charge in [-0.15, -0.1) is 0 Å². The summed E-state index contributed by atoms with van der Waals surface area (Å²) in [5.41, 5.74) is 3.06. The van der Waals surface area contributed by atoms with E-state index < -0.39 is 5.25 Å². The van der Waals surface area contributed by atoms with Crippen LogP contribution >= 0.6 is 11.8 Å². The number of anilines is 1. The zero-order valence-corrected chi connectivity index (χ0v) is 19.7. The molecule has 2 heterocycles. The number of benzene rings is 3. The average Bonchev–Trinajstić information content (AvgIpc) is 3.40. The Balaban J connectivity index is 1.37. The summed E-state index contributed by atoms with van der Waals surface area (Å²) >= 11 is 1.23. The Morgan fingerprint density at radius 1 is 1.11 bits per heavy atom. The van der Waals surface area contributed by atoms with Crippen LogP contribution in [0, 0.1) is 12.7 Å². The molecule has 2 amide bonds. The number of rotatable bonds is 6.